The van der Waals surface area contributed by atoms with Gasteiger partial charge in [0.05, 0.1) is 19.6 Å². The molecule has 3 aliphatic rings. The molecule has 0 aromatic carbocycles. The summed E-state index contributed by atoms with van der Waals surface area (Å²) in [6.07, 6.45) is 16.6. The molecular weight excluding hydrogens is 600 g/mol. The standard InChI is InChI=1S/C35H54N6O6/c1-35(14-32(45)39-20-29-8-2-26(3-9-29)17-36-23-42,15-33(46)40-21-30-10-4-27(5-11-30)18-37-24-43)16-34(47)41-22-31-12-6-28(7-13-31)19-38-25-44/h26-31H,2-22H2,1H3,(H,39,45)(H,40,46)(H,41,47). The molecule has 3 saturated carbocycles. The van der Waals surface area contributed by atoms with Crippen molar-refractivity contribution >= 4 is 36.0 Å². The van der Waals surface area contributed by atoms with Crippen LogP contribution >= 0.6 is 0 Å². The largest absolute Gasteiger partial charge is 0.356 e. The van der Waals surface area contributed by atoms with Crippen molar-refractivity contribution in [3.05, 3.63) is 0 Å². The number of hydrogen-bond acceptors (Lipinski definition) is 9. The first-order chi connectivity index (χ1) is 22.7. The summed E-state index contributed by atoms with van der Waals surface area (Å²) >= 11 is 0. The van der Waals surface area contributed by atoms with E-state index in [0.29, 0.717) is 74.8 Å². The van der Waals surface area contributed by atoms with Gasteiger partial charge in [-0.2, -0.15) is 0 Å². The Labute approximate surface area is 278 Å². The van der Waals surface area contributed by atoms with Gasteiger partial charge in [0.15, 0.2) is 0 Å². The number of amides is 3. The van der Waals surface area contributed by atoms with Gasteiger partial charge in [0, 0.05) is 38.9 Å². The van der Waals surface area contributed by atoms with Crippen LogP contribution in [0.5, 0.6) is 0 Å². The van der Waals surface area contributed by atoms with E-state index in [1.165, 1.54) is 0 Å². The van der Waals surface area contributed by atoms with Gasteiger partial charge in [-0.15, -0.1) is 0 Å². The molecule has 0 aromatic heterocycles. The molecule has 0 heterocycles. The van der Waals surface area contributed by atoms with Crippen LogP contribution < -0.4 is 16.0 Å². The van der Waals surface area contributed by atoms with E-state index in [1.54, 1.807) is 18.2 Å². The summed E-state index contributed by atoms with van der Waals surface area (Å²) in [6, 6.07) is 0. The average Bonchev–Trinajstić information content (AvgIpc) is 3.07. The number of rotatable bonds is 18. The zero-order valence-electron chi connectivity index (χ0n) is 28.1. The van der Waals surface area contributed by atoms with Gasteiger partial charge in [-0.05, 0) is 118 Å². The van der Waals surface area contributed by atoms with Crippen molar-refractivity contribution < 1.29 is 28.8 Å². The molecule has 12 nitrogen and oxygen atoms in total. The number of aliphatic imine (C=N–C) groups is 3. The second-order valence-corrected chi connectivity index (χ2v) is 14.7. The van der Waals surface area contributed by atoms with Gasteiger partial charge in [-0.1, -0.05) is 6.92 Å². The van der Waals surface area contributed by atoms with Crippen molar-refractivity contribution in [3.63, 3.8) is 0 Å². The maximum atomic E-state index is 13.2. The maximum absolute atomic E-state index is 13.2. The minimum Gasteiger partial charge on any atom is -0.356 e. The summed E-state index contributed by atoms with van der Waals surface area (Å²) in [5, 5.41) is 9.20. The van der Waals surface area contributed by atoms with Gasteiger partial charge in [0.25, 0.3) is 0 Å². The molecule has 0 spiro atoms. The number of nitrogens with zero attached hydrogens (tertiary/aromatic N) is 3. The Morgan fingerprint density at radius 1 is 0.489 bits per heavy atom. The minimum atomic E-state index is -0.849. The molecule has 12 heteroatoms. The van der Waals surface area contributed by atoms with Crippen molar-refractivity contribution in [1.82, 2.24) is 16.0 Å². The van der Waals surface area contributed by atoms with Crippen molar-refractivity contribution in [1.29, 1.82) is 0 Å². The number of isocyanates is 3. The van der Waals surface area contributed by atoms with Gasteiger partial charge in [-0.3, -0.25) is 14.4 Å². The summed E-state index contributed by atoms with van der Waals surface area (Å²) < 4.78 is 0. The molecule has 0 unspecified atom stereocenters. The first kappa shape index (κ1) is 38.0. The van der Waals surface area contributed by atoms with Crippen LogP contribution in [0.15, 0.2) is 15.0 Å². The van der Waals surface area contributed by atoms with Crippen LogP contribution in [0.1, 0.15) is 103 Å². The molecule has 3 fully saturated rings. The summed E-state index contributed by atoms with van der Waals surface area (Å²) in [6.45, 7) is 5.06. The van der Waals surface area contributed by atoms with Gasteiger partial charge in [-0.25, -0.2) is 29.4 Å². The average molecular weight is 655 g/mol. The van der Waals surface area contributed by atoms with E-state index in [1.807, 2.05) is 6.92 Å². The first-order valence-electron chi connectivity index (χ1n) is 17.6. The second kappa shape index (κ2) is 20.7. The van der Waals surface area contributed by atoms with Gasteiger partial charge in [0.2, 0.25) is 36.0 Å². The lowest BCUT2D eigenvalue weighted by atomic mass is 9.78. The highest BCUT2D eigenvalue weighted by Gasteiger charge is 2.34. The van der Waals surface area contributed by atoms with E-state index in [-0.39, 0.29) is 37.0 Å². The summed E-state index contributed by atoms with van der Waals surface area (Å²) in [7, 11) is 0. The van der Waals surface area contributed by atoms with Gasteiger partial charge >= 0.3 is 0 Å². The quantitative estimate of drug-likeness (QED) is 0.149. The Morgan fingerprint density at radius 3 is 0.957 bits per heavy atom. The lowest BCUT2D eigenvalue weighted by Gasteiger charge is -2.31. The van der Waals surface area contributed by atoms with Crippen molar-refractivity contribution in [2.24, 2.45) is 55.9 Å². The molecule has 0 bridgehead atoms. The van der Waals surface area contributed by atoms with E-state index < -0.39 is 5.41 Å². The number of carbonyl (C=O) groups excluding carboxylic acids is 6. The van der Waals surface area contributed by atoms with Crippen molar-refractivity contribution in [3.8, 4) is 0 Å². The van der Waals surface area contributed by atoms with Crippen LogP contribution in [0.2, 0.25) is 0 Å². The molecule has 3 rings (SSSR count). The summed E-state index contributed by atoms with van der Waals surface area (Å²) in [5.41, 5.74) is -0.849. The Kier molecular flexibility index (Phi) is 16.7. The van der Waals surface area contributed by atoms with Crippen LogP contribution in [0.25, 0.3) is 0 Å². The van der Waals surface area contributed by atoms with Crippen LogP contribution in [-0.4, -0.2) is 75.2 Å². The normalized spacial score (nSPS) is 27.0. The fraction of sp³-hybridized carbons (Fsp3) is 0.829. The molecule has 260 valence electrons. The van der Waals surface area contributed by atoms with Gasteiger partial charge in [0.1, 0.15) is 0 Å². The molecule has 0 aliphatic heterocycles. The Balaban J connectivity index is 1.49. The van der Waals surface area contributed by atoms with Crippen molar-refractivity contribution in [2.75, 3.05) is 39.3 Å². The highest BCUT2D eigenvalue weighted by Crippen LogP contribution is 2.33. The SMILES string of the molecule is CC(CC(=O)NCC1CCC(CN=C=O)CC1)(CC(=O)NCC1CCC(CN=C=O)CC1)CC(=O)NCC1CCC(CN=C=O)CC1. The molecule has 3 amide bonds. The summed E-state index contributed by atoms with van der Waals surface area (Å²) in [4.78, 5) is 82.0. The number of hydrogen-bond donors (Lipinski definition) is 3. The van der Waals surface area contributed by atoms with Crippen LogP contribution in [-0.2, 0) is 28.8 Å². The lowest BCUT2D eigenvalue weighted by Crippen LogP contribution is -2.41. The van der Waals surface area contributed by atoms with Crippen LogP contribution in [0, 0.1) is 40.9 Å². The Hall–Kier alpha value is -3.45. The second-order valence-electron chi connectivity index (χ2n) is 14.7. The third-order valence-electron chi connectivity index (χ3n) is 10.7. The fourth-order valence-corrected chi connectivity index (χ4v) is 7.67. The highest BCUT2D eigenvalue weighted by molar-refractivity contribution is 5.83. The van der Waals surface area contributed by atoms with E-state index in [4.69, 9.17) is 0 Å². The van der Waals surface area contributed by atoms with Crippen LogP contribution in [0.3, 0.4) is 0 Å². The highest BCUT2D eigenvalue weighted by atomic mass is 16.2. The molecular formula is C35H54N6O6. The third kappa shape index (κ3) is 14.9. The maximum Gasteiger partial charge on any atom is 0.234 e. The Bertz CT molecular complexity index is 1010. The van der Waals surface area contributed by atoms with E-state index in [0.717, 1.165) is 77.0 Å². The predicted molar refractivity (Wildman–Crippen MR) is 176 cm³/mol. The molecule has 0 saturated heterocycles. The molecule has 0 aromatic rings. The zero-order valence-corrected chi connectivity index (χ0v) is 28.1. The van der Waals surface area contributed by atoms with E-state index in [9.17, 15) is 28.8 Å². The Morgan fingerprint density at radius 2 is 0.723 bits per heavy atom. The zero-order chi connectivity index (χ0) is 33.9. The molecule has 3 N–H and O–H groups in total. The third-order valence-corrected chi connectivity index (χ3v) is 10.7. The molecule has 3 aliphatic carbocycles. The minimum absolute atomic E-state index is 0.0714. The topological polar surface area (TPSA) is 176 Å². The number of carbonyl (C=O) groups is 3. The monoisotopic (exact) mass is 654 g/mol. The molecule has 47 heavy (non-hydrogen) atoms. The molecule has 0 radical (unpaired) electrons. The van der Waals surface area contributed by atoms with Crippen molar-refractivity contribution in [2.45, 2.75) is 103 Å². The smallest absolute Gasteiger partial charge is 0.234 e. The lowest BCUT2D eigenvalue weighted by molar-refractivity contribution is -0.129. The fourth-order valence-electron chi connectivity index (χ4n) is 7.67. The first-order valence-corrected chi connectivity index (χ1v) is 17.6. The molecule has 0 atom stereocenters. The van der Waals surface area contributed by atoms with E-state index in [2.05, 4.69) is 30.9 Å². The van der Waals surface area contributed by atoms with Gasteiger partial charge < -0.3 is 16.0 Å². The number of nitrogens with one attached hydrogen (secondary N) is 3. The summed E-state index contributed by atoms with van der Waals surface area (Å²) in [5.74, 6) is 1.76. The van der Waals surface area contributed by atoms with Crippen LogP contribution in [0.4, 0.5) is 0 Å². The van der Waals surface area contributed by atoms with E-state index >= 15 is 0 Å². The predicted octanol–water partition coefficient (Wildman–Crippen LogP) is 3.94.